The van der Waals surface area contributed by atoms with Crippen molar-refractivity contribution in [3.8, 4) is 0 Å². The SMILES string of the molecule is C[C@@H]1CNc2c(sc3ccc4nc(N5CCN([C@H]6CCN(c7ccc8c(c7)n(C)c(=O)n8C7CCC(=O)NC7=O)CC6(F)F)CC5)ccc4c23)CN1. The summed E-state index contributed by atoms with van der Waals surface area (Å²) in [6, 6.07) is 12.4. The maximum Gasteiger partial charge on any atom is 0.329 e. The molecule has 2 aromatic carbocycles. The van der Waals surface area contributed by atoms with Gasteiger partial charge >= 0.3 is 5.69 Å². The maximum absolute atomic E-state index is 16.0. The minimum absolute atomic E-state index is 0.146. The summed E-state index contributed by atoms with van der Waals surface area (Å²) in [6.07, 6.45) is 0.680. The number of anilines is 3. The number of halogens is 2. The second-order valence-electron chi connectivity index (χ2n) is 14.6. The highest BCUT2D eigenvalue weighted by Crippen LogP contribution is 2.41. The first-order valence-electron chi connectivity index (χ1n) is 18.0. The number of rotatable bonds is 4. The number of carbonyl (C=O) groups is 2. The molecule has 15 heteroatoms. The van der Waals surface area contributed by atoms with E-state index >= 15 is 8.78 Å². The number of hydrogen-bond acceptors (Lipinski definition) is 10. The van der Waals surface area contributed by atoms with Crippen LogP contribution in [-0.4, -0.2) is 94.7 Å². The summed E-state index contributed by atoms with van der Waals surface area (Å²) in [7, 11) is 1.61. The van der Waals surface area contributed by atoms with Gasteiger partial charge in [0.15, 0.2) is 0 Å². The van der Waals surface area contributed by atoms with E-state index in [4.69, 9.17) is 4.98 Å². The molecule has 4 aliphatic heterocycles. The summed E-state index contributed by atoms with van der Waals surface area (Å²) >= 11 is 1.81. The van der Waals surface area contributed by atoms with E-state index in [1.54, 1.807) is 30.1 Å². The van der Waals surface area contributed by atoms with Crippen LogP contribution in [0.3, 0.4) is 0 Å². The van der Waals surface area contributed by atoms with Crippen molar-refractivity contribution in [2.45, 2.75) is 56.8 Å². The Hall–Kier alpha value is -4.60. The van der Waals surface area contributed by atoms with Crippen molar-refractivity contribution < 1.29 is 18.4 Å². The average molecular weight is 730 g/mol. The number of hydrogen-bond donors (Lipinski definition) is 3. The third-order valence-electron chi connectivity index (χ3n) is 11.4. The molecular weight excluding hydrogens is 689 g/mol. The molecule has 0 radical (unpaired) electrons. The molecule has 52 heavy (non-hydrogen) atoms. The Labute approximate surface area is 302 Å². The van der Waals surface area contributed by atoms with Gasteiger partial charge in [-0.25, -0.2) is 18.6 Å². The number of imide groups is 1. The third kappa shape index (κ3) is 5.51. The predicted octanol–water partition coefficient (Wildman–Crippen LogP) is 4.02. The highest BCUT2D eigenvalue weighted by atomic mass is 32.1. The molecule has 3 N–H and O–H groups in total. The fraction of sp³-hybridized carbons (Fsp3) is 0.459. The normalized spacial score (nSPS) is 24.3. The van der Waals surface area contributed by atoms with Crippen LogP contribution in [0.1, 0.15) is 37.1 Å². The Morgan fingerprint density at radius 2 is 1.77 bits per heavy atom. The summed E-state index contributed by atoms with van der Waals surface area (Å²) in [6.45, 7) is 6.19. The number of imidazole rings is 1. The Balaban J connectivity index is 0.881. The molecule has 3 aromatic heterocycles. The van der Waals surface area contributed by atoms with Gasteiger partial charge in [-0.05, 0) is 62.2 Å². The number of pyridine rings is 1. The van der Waals surface area contributed by atoms with Gasteiger partial charge in [-0.2, -0.15) is 0 Å². The summed E-state index contributed by atoms with van der Waals surface area (Å²) in [5, 5.41) is 11.9. The number of amides is 2. The van der Waals surface area contributed by atoms with Crippen LogP contribution < -0.4 is 31.4 Å². The average Bonchev–Trinajstić information content (AvgIpc) is 3.54. The van der Waals surface area contributed by atoms with Gasteiger partial charge in [-0.15, -0.1) is 11.3 Å². The van der Waals surface area contributed by atoms with Gasteiger partial charge in [0.25, 0.3) is 5.92 Å². The van der Waals surface area contributed by atoms with Crippen LogP contribution in [0.4, 0.5) is 26.0 Å². The minimum atomic E-state index is -2.95. The Morgan fingerprint density at radius 1 is 0.942 bits per heavy atom. The molecule has 9 rings (SSSR count). The number of aryl methyl sites for hydroxylation is 1. The lowest BCUT2D eigenvalue weighted by molar-refractivity contribution is -0.135. The van der Waals surface area contributed by atoms with Gasteiger partial charge < -0.3 is 20.4 Å². The van der Waals surface area contributed by atoms with Crippen molar-refractivity contribution in [3.63, 3.8) is 0 Å². The molecule has 0 spiro atoms. The van der Waals surface area contributed by atoms with Gasteiger partial charge in [-0.3, -0.25) is 28.9 Å². The first-order valence-corrected chi connectivity index (χ1v) is 18.9. The molecule has 272 valence electrons. The number of aromatic nitrogens is 3. The quantitative estimate of drug-likeness (QED) is 0.236. The van der Waals surface area contributed by atoms with Crippen molar-refractivity contribution in [2.75, 3.05) is 60.9 Å². The van der Waals surface area contributed by atoms with E-state index in [2.05, 4.69) is 52.0 Å². The topological polar surface area (TPSA) is 120 Å². The molecule has 1 unspecified atom stereocenters. The second kappa shape index (κ2) is 12.5. The molecule has 3 fully saturated rings. The monoisotopic (exact) mass is 729 g/mol. The van der Waals surface area contributed by atoms with E-state index in [-0.39, 0.29) is 24.4 Å². The van der Waals surface area contributed by atoms with Gasteiger partial charge in [0.2, 0.25) is 11.8 Å². The van der Waals surface area contributed by atoms with E-state index in [0.29, 0.717) is 61.9 Å². The first-order chi connectivity index (χ1) is 25.1. The standard InChI is InChI=1S/C37H41F2N9O3S/c1-21-18-41-34-29(19-40-21)52-28-8-5-24-23(33(28)34)4-9-31(42-24)46-15-13-45(14-16-46)30-11-12-47(20-37(30,38)39)22-3-6-25-27(17-22)44(2)36(51)48(25)26-7-10-32(49)43-35(26)50/h3-6,8-9,17,21,26,30,40-41H,7,10-16,18-20H2,1-2H3,(H,43,49,50)/t21-,26?,30+/m1/s1. The van der Waals surface area contributed by atoms with E-state index in [0.717, 1.165) is 29.8 Å². The number of alkyl halides is 2. The zero-order chi connectivity index (χ0) is 35.9. The van der Waals surface area contributed by atoms with E-state index in [9.17, 15) is 14.4 Å². The Morgan fingerprint density at radius 3 is 2.56 bits per heavy atom. The number of nitrogens with zero attached hydrogens (tertiary/aromatic N) is 6. The molecule has 7 heterocycles. The molecule has 3 atom stereocenters. The van der Waals surface area contributed by atoms with Crippen molar-refractivity contribution in [1.82, 2.24) is 29.7 Å². The van der Waals surface area contributed by atoms with Crippen LogP contribution in [0.15, 0.2) is 47.3 Å². The van der Waals surface area contributed by atoms with E-state index in [1.165, 1.54) is 29.8 Å². The smallest absolute Gasteiger partial charge is 0.329 e. The zero-order valence-corrected chi connectivity index (χ0v) is 29.9. The first kappa shape index (κ1) is 33.3. The van der Waals surface area contributed by atoms with E-state index < -0.39 is 30.5 Å². The number of thiophene rings is 1. The summed E-state index contributed by atoms with van der Waals surface area (Å²) in [5.41, 5.74) is 3.44. The predicted molar refractivity (Wildman–Crippen MR) is 200 cm³/mol. The lowest BCUT2D eigenvalue weighted by Crippen LogP contribution is -2.62. The molecule has 5 aromatic rings. The zero-order valence-electron chi connectivity index (χ0n) is 29.1. The van der Waals surface area contributed by atoms with Crippen LogP contribution >= 0.6 is 11.3 Å². The van der Waals surface area contributed by atoms with Crippen LogP contribution in [0, 0.1) is 0 Å². The summed E-state index contributed by atoms with van der Waals surface area (Å²) in [5.74, 6) is -2.95. The Bertz CT molecular complexity index is 2310. The van der Waals surface area contributed by atoms with Crippen LogP contribution in [0.5, 0.6) is 0 Å². The molecule has 0 bridgehead atoms. The number of piperidine rings is 2. The second-order valence-corrected chi connectivity index (χ2v) is 15.7. The molecule has 12 nitrogen and oxygen atoms in total. The lowest BCUT2D eigenvalue weighted by Gasteiger charge is -2.47. The van der Waals surface area contributed by atoms with Crippen LogP contribution in [0.2, 0.25) is 0 Å². The highest BCUT2D eigenvalue weighted by Gasteiger charge is 2.48. The van der Waals surface area contributed by atoms with Gasteiger partial charge in [0.05, 0.1) is 34.8 Å². The fourth-order valence-corrected chi connectivity index (χ4v) is 9.71. The van der Waals surface area contributed by atoms with Crippen molar-refractivity contribution in [3.05, 3.63) is 57.8 Å². The van der Waals surface area contributed by atoms with Gasteiger partial charge in [0.1, 0.15) is 11.9 Å². The van der Waals surface area contributed by atoms with E-state index in [1.807, 2.05) is 16.2 Å². The molecule has 3 saturated heterocycles. The molecular formula is C37H41F2N9O3S. The number of benzene rings is 2. The Kier molecular flexibility index (Phi) is 8.01. The minimum Gasteiger partial charge on any atom is -0.382 e. The number of fused-ring (bicyclic) bond motifs is 6. The fourth-order valence-electron chi connectivity index (χ4n) is 8.56. The van der Waals surface area contributed by atoms with Crippen molar-refractivity contribution >= 4 is 72.4 Å². The van der Waals surface area contributed by atoms with Crippen molar-refractivity contribution in [2.24, 2.45) is 7.05 Å². The van der Waals surface area contributed by atoms with Crippen LogP contribution in [0.25, 0.3) is 32.0 Å². The molecule has 0 aliphatic carbocycles. The molecule has 2 amide bonds. The molecule has 4 aliphatic rings. The number of piperazine rings is 1. The largest absolute Gasteiger partial charge is 0.382 e. The highest BCUT2D eigenvalue weighted by molar-refractivity contribution is 7.20. The maximum atomic E-state index is 16.0. The third-order valence-corrected chi connectivity index (χ3v) is 12.5. The number of carbonyl (C=O) groups excluding carboxylic acids is 2. The number of nitrogens with one attached hydrogen (secondary N) is 3. The summed E-state index contributed by atoms with van der Waals surface area (Å²) in [4.78, 5) is 49.7. The summed E-state index contributed by atoms with van der Waals surface area (Å²) < 4.78 is 36.0. The lowest BCUT2D eigenvalue weighted by atomic mass is 9.97. The molecule has 0 saturated carbocycles. The van der Waals surface area contributed by atoms with Gasteiger partial charge in [0, 0.05) is 91.4 Å². The van der Waals surface area contributed by atoms with Crippen molar-refractivity contribution in [1.29, 1.82) is 0 Å². The van der Waals surface area contributed by atoms with Gasteiger partial charge in [-0.1, -0.05) is 0 Å². The van der Waals surface area contributed by atoms with Crippen LogP contribution in [-0.2, 0) is 23.2 Å².